The van der Waals surface area contributed by atoms with Crippen molar-refractivity contribution in [3.63, 3.8) is 0 Å². The normalized spacial score (nSPS) is 11.3. The number of nitrogens with zero attached hydrogens (tertiary/aromatic N) is 1. The lowest BCUT2D eigenvalue weighted by Crippen LogP contribution is -2.28. The van der Waals surface area contributed by atoms with Gasteiger partial charge in [-0.3, -0.25) is 9.10 Å². The summed E-state index contributed by atoms with van der Waals surface area (Å²) in [5.74, 6) is -0.260. The molecule has 0 fully saturated rings. The summed E-state index contributed by atoms with van der Waals surface area (Å²) >= 11 is 5.84. The van der Waals surface area contributed by atoms with E-state index in [0.717, 1.165) is 5.56 Å². The topological polar surface area (TPSA) is 75.7 Å². The van der Waals surface area contributed by atoms with Crippen LogP contribution in [0.4, 0.5) is 5.69 Å². The summed E-state index contributed by atoms with van der Waals surface area (Å²) in [6.07, 6.45) is 0.700. The molecule has 2 aromatic carbocycles. The molecule has 1 N–H and O–H groups in total. The first kappa shape index (κ1) is 21.2. The van der Waals surface area contributed by atoms with Gasteiger partial charge in [0.25, 0.3) is 15.9 Å². The molecule has 0 spiro atoms. The van der Waals surface area contributed by atoms with Gasteiger partial charge in [-0.15, -0.1) is 0 Å². The minimum absolute atomic E-state index is 0.128. The van der Waals surface area contributed by atoms with E-state index in [-0.39, 0.29) is 10.8 Å². The minimum atomic E-state index is -3.77. The van der Waals surface area contributed by atoms with Gasteiger partial charge in [0.05, 0.1) is 10.6 Å². The van der Waals surface area contributed by atoms with Crippen LogP contribution in [-0.4, -0.2) is 41.6 Å². The number of hydrogen-bond donors (Lipinski definition) is 1. The number of nitrogens with one attached hydrogen (secondary N) is 1. The highest BCUT2D eigenvalue weighted by atomic mass is 35.5. The van der Waals surface area contributed by atoms with Gasteiger partial charge in [0.15, 0.2) is 0 Å². The highest BCUT2D eigenvalue weighted by Gasteiger charge is 2.23. The van der Waals surface area contributed by atoms with Gasteiger partial charge >= 0.3 is 0 Å². The molecule has 0 saturated carbocycles. The van der Waals surface area contributed by atoms with Gasteiger partial charge in [-0.05, 0) is 55.3 Å². The van der Waals surface area contributed by atoms with E-state index in [2.05, 4.69) is 5.32 Å². The van der Waals surface area contributed by atoms with Crippen LogP contribution in [0.2, 0.25) is 5.02 Å². The quantitative estimate of drug-likeness (QED) is 0.678. The Hall–Kier alpha value is -2.09. The zero-order valence-corrected chi connectivity index (χ0v) is 17.1. The second-order valence-corrected chi connectivity index (χ2v) is 8.44. The van der Waals surface area contributed by atoms with E-state index >= 15 is 0 Å². The SMILES string of the molecule is COCCCNC(=O)c1ccc(C)c(N(C)S(=O)(=O)c2ccc(Cl)cc2)c1. The number of methoxy groups -OCH3 is 1. The summed E-state index contributed by atoms with van der Waals surface area (Å²) in [6, 6.07) is 10.9. The Labute approximate surface area is 165 Å². The van der Waals surface area contributed by atoms with Gasteiger partial charge in [-0.2, -0.15) is 0 Å². The summed E-state index contributed by atoms with van der Waals surface area (Å²) in [6.45, 7) is 2.83. The highest BCUT2D eigenvalue weighted by Crippen LogP contribution is 2.27. The molecular weight excluding hydrogens is 388 g/mol. The maximum absolute atomic E-state index is 12.9. The minimum Gasteiger partial charge on any atom is -0.385 e. The van der Waals surface area contributed by atoms with E-state index in [1.165, 1.54) is 35.6 Å². The Morgan fingerprint density at radius 3 is 2.48 bits per heavy atom. The Morgan fingerprint density at radius 2 is 1.85 bits per heavy atom. The van der Waals surface area contributed by atoms with Crippen molar-refractivity contribution in [2.75, 3.05) is 31.6 Å². The first-order valence-electron chi connectivity index (χ1n) is 8.39. The fraction of sp³-hybridized carbons (Fsp3) is 0.316. The van der Waals surface area contributed by atoms with E-state index in [1.54, 1.807) is 32.2 Å². The van der Waals surface area contributed by atoms with Gasteiger partial charge in [-0.1, -0.05) is 17.7 Å². The summed E-state index contributed by atoms with van der Waals surface area (Å²) in [5, 5.41) is 3.25. The van der Waals surface area contributed by atoms with Crippen LogP contribution in [0, 0.1) is 6.92 Å². The molecule has 2 rings (SSSR count). The average molecular weight is 411 g/mol. The van der Waals surface area contributed by atoms with Gasteiger partial charge in [0.1, 0.15) is 0 Å². The zero-order valence-electron chi connectivity index (χ0n) is 15.5. The molecule has 0 aliphatic rings. The first-order chi connectivity index (χ1) is 12.8. The van der Waals surface area contributed by atoms with Gasteiger partial charge < -0.3 is 10.1 Å². The molecule has 0 saturated heterocycles. The first-order valence-corrected chi connectivity index (χ1v) is 10.2. The number of benzene rings is 2. The number of sulfonamides is 1. The Bertz CT molecular complexity index is 898. The molecule has 0 aliphatic carbocycles. The molecular formula is C19H23ClN2O4S. The van der Waals surface area contributed by atoms with Crippen molar-refractivity contribution in [2.24, 2.45) is 0 Å². The summed E-state index contributed by atoms with van der Waals surface area (Å²) in [4.78, 5) is 12.4. The second-order valence-electron chi connectivity index (χ2n) is 6.03. The summed E-state index contributed by atoms with van der Waals surface area (Å²) in [5.41, 5.74) is 1.58. The predicted octanol–water partition coefficient (Wildman–Crippen LogP) is 3.24. The van der Waals surface area contributed by atoms with Gasteiger partial charge in [0, 0.05) is 37.9 Å². The fourth-order valence-electron chi connectivity index (χ4n) is 2.50. The van der Waals surface area contributed by atoms with E-state index in [4.69, 9.17) is 16.3 Å². The van der Waals surface area contributed by atoms with E-state index < -0.39 is 10.0 Å². The van der Waals surface area contributed by atoms with E-state index in [1.807, 2.05) is 0 Å². The van der Waals surface area contributed by atoms with Crippen LogP contribution in [0.5, 0.6) is 0 Å². The summed E-state index contributed by atoms with van der Waals surface area (Å²) in [7, 11) is -0.705. The third-order valence-electron chi connectivity index (χ3n) is 4.09. The highest BCUT2D eigenvalue weighted by molar-refractivity contribution is 7.92. The Kier molecular flexibility index (Phi) is 7.24. The van der Waals surface area contributed by atoms with Gasteiger partial charge in [0.2, 0.25) is 0 Å². The lowest BCUT2D eigenvalue weighted by atomic mass is 10.1. The molecule has 8 heteroatoms. The molecule has 0 unspecified atom stereocenters. The molecule has 0 atom stereocenters. The lowest BCUT2D eigenvalue weighted by Gasteiger charge is -2.22. The largest absolute Gasteiger partial charge is 0.385 e. The van der Waals surface area contributed by atoms with Crippen molar-refractivity contribution in [3.05, 3.63) is 58.6 Å². The van der Waals surface area contributed by atoms with Crippen molar-refractivity contribution >= 4 is 33.2 Å². The average Bonchev–Trinajstić information content (AvgIpc) is 2.65. The monoisotopic (exact) mass is 410 g/mol. The molecule has 0 aliphatic heterocycles. The number of halogens is 1. The maximum Gasteiger partial charge on any atom is 0.264 e. The van der Waals surface area contributed by atoms with Crippen LogP contribution in [0.3, 0.4) is 0 Å². The van der Waals surface area contributed by atoms with Crippen LogP contribution in [0.25, 0.3) is 0 Å². The smallest absolute Gasteiger partial charge is 0.264 e. The molecule has 146 valence electrons. The number of carbonyl (C=O) groups excluding carboxylic acids is 1. The van der Waals surface area contributed by atoms with Crippen molar-refractivity contribution in [1.82, 2.24) is 5.32 Å². The number of amides is 1. The summed E-state index contributed by atoms with van der Waals surface area (Å²) < 4.78 is 31.9. The van der Waals surface area contributed by atoms with Crippen molar-refractivity contribution < 1.29 is 17.9 Å². The number of hydrogen-bond acceptors (Lipinski definition) is 4. The number of aryl methyl sites for hydroxylation is 1. The third kappa shape index (κ3) is 5.22. The lowest BCUT2D eigenvalue weighted by molar-refractivity contribution is 0.0948. The van der Waals surface area contributed by atoms with Crippen LogP contribution in [0.15, 0.2) is 47.4 Å². The Morgan fingerprint density at radius 1 is 1.19 bits per heavy atom. The van der Waals surface area contributed by atoms with Gasteiger partial charge in [-0.25, -0.2) is 8.42 Å². The number of rotatable bonds is 8. The number of ether oxygens (including phenoxy) is 1. The molecule has 27 heavy (non-hydrogen) atoms. The van der Waals surface area contributed by atoms with Crippen LogP contribution < -0.4 is 9.62 Å². The Balaban J connectivity index is 2.26. The zero-order chi connectivity index (χ0) is 20.0. The number of anilines is 1. The number of carbonyl (C=O) groups is 1. The van der Waals surface area contributed by atoms with Crippen molar-refractivity contribution in [2.45, 2.75) is 18.2 Å². The molecule has 0 aromatic heterocycles. The molecule has 0 heterocycles. The molecule has 1 amide bonds. The fourth-order valence-corrected chi connectivity index (χ4v) is 3.88. The molecule has 0 bridgehead atoms. The standard InChI is InChI=1S/C19H23ClN2O4S/c1-14-5-6-15(19(23)21-11-4-12-26-3)13-18(14)22(2)27(24,25)17-9-7-16(20)8-10-17/h5-10,13H,4,11-12H2,1-3H3,(H,21,23). The third-order valence-corrected chi connectivity index (χ3v) is 6.13. The second kappa shape index (κ2) is 9.21. The van der Waals surface area contributed by atoms with Crippen molar-refractivity contribution in [1.29, 1.82) is 0 Å². The molecule has 0 radical (unpaired) electrons. The van der Waals surface area contributed by atoms with E-state index in [0.29, 0.717) is 35.8 Å². The van der Waals surface area contributed by atoms with Crippen LogP contribution in [-0.2, 0) is 14.8 Å². The van der Waals surface area contributed by atoms with Crippen LogP contribution in [0.1, 0.15) is 22.3 Å². The van der Waals surface area contributed by atoms with E-state index in [9.17, 15) is 13.2 Å². The molecule has 2 aromatic rings. The van der Waals surface area contributed by atoms with Crippen molar-refractivity contribution in [3.8, 4) is 0 Å². The van der Waals surface area contributed by atoms with Crippen LogP contribution >= 0.6 is 11.6 Å². The maximum atomic E-state index is 12.9. The predicted molar refractivity (Wildman–Crippen MR) is 107 cm³/mol. The molecule has 6 nitrogen and oxygen atoms in total.